The number of carbonyl (C=O) groups is 2. The number of rotatable bonds is 4. The Morgan fingerprint density at radius 2 is 2.32 bits per heavy atom. The molecule has 2 saturated heterocycles. The van der Waals surface area contributed by atoms with Crippen LogP contribution in [0.2, 0.25) is 0 Å². The normalized spacial score (nSPS) is 30.6. The molecule has 19 heavy (non-hydrogen) atoms. The van der Waals surface area contributed by atoms with Crippen molar-refractivity contribution in [2.45, 2.75) is 38.7 Å². The Morgan fingerprint density at radius 1 is 1.53 bits per heavy atom. The molecule has 2 amide bonds. The fourth-order valence-electron chi connectivity index (χ4n) is 2.78. The van der Waals surface area contributed by atoms with Crippen LogP contribution >= 0.6 is 0 Å². The molecule has 2 heterocycles. The molecule has 0 spiro atoms. The van der Waals surface area contributed by atoms with Crippen molar-refractivity contribution < 1.29 is 19.4 Å². The molecule has 0 aromatic heterocycles. The highest BCUT2D eigenvalue weighted by atomic mass is 16.5. The van der Waals surface area contributed by atoms with E-state index in [1.165, 1.54) is 0 Å². The summed E-state index contributed by atoms with van der Waals surface area (Å²) in [6.45, 7) is 3.96. The molecule has 2 unspecified atom stereocenters. The fourth-order valence-corrected chi connectivity index (χ4v) is 2.78. The van der Waals surface area contributed by atoms with E-state index in [1.54, 1.807) is 4.90 Å². The first kappa shape index (κ1) is 14.1. The molecular weight excluding hydrogens is 248 g/mol. The zero-order chi connectivity index (χ0) is 13.9. The van der Waals surface area contributed by atoms with Gasteiger partial charge in [0.25, 0.3) is 0 Å². The van der Waals surface area contributed by atoms with Crippen LogP contribution in [-0.4, -0.2) is 54.4 Å². The van der Waals surface area contributed by atoms with Gasteiger partial charge in [-0.15, -0.1) is 0 Å². The van der Waals surface area contributed by atoms with E-state index in [1.807, 2.05) is 6.92 Å². The molecule has 0 aliphatic carbocycles. The molecule has 2 atom stereocenters. The molecule has 2 rings (SSSR count). The third kappa shape index (κ3) is 3.00. The van der Waals surface area contributed by atoms with Gasteiger partial charge < -0.3 is 20.1 Å². The van der Waals surface area contributed by atoms with Crippen LogP contribution < -0.4 is 5.32 Å². The Hall–Kier alpha value is -1.30. The largest absolute Gasteiger partial charge is 0.481 e. The maximum Gasteiger partial charge on any atom is 0.317 e. The van der Waals surface area contributed by atoms with Crippen LogP contribution in [0.25, 0.3) is 0 Å². The third-order valence-corrected chi connectivity index (χ3v) is 4.28. The van der Waals surface area contributed by atoms with Crippen molar-refractivity contribution in [2.75, 3.05) is 26.2 Å². The SMILES string of the molecule is CCC1(C(=O)O)CCN(C(=O)NCC2CCCO2)C1. The Labute approximate surface area is 113 Å². The predicted octanol–water partition coefficient (Wildman–Crippen LogP) is 1.06. The number of aliphatic carboxylic acids is 1. The zero-order valence-corrected chi connectivity index (χ0v) is 11.4. The van der Waals surface area contributed by atoms with E-state index in [4.69, 9.17) is 4.74 Å². The summed E-state index contributed by atoms with van der Waals surface area (Å²) in [7, 11) is 0. The van der Waals surface area contributed by atoms with E-state index >= 15 is 0 Å². The van der Waals surface area contributed by atoms with Crippen LogP contribution in [0.5, 0.6) is 0 Å². The van der Waals surface area contributed by atoms with Gasteiger partial charge in [-0.3, -0.25) is 4.79 Å². The van der Waals surface area contributed by atoms with Crippen LogP contribution in [0.1, 0.15) is 32.6 Å². The summed E-state index contributed by atoms with van der Waals surface area (Å²) in [6.07, 6.45) is 3.22. The molecule has 0 bridgehead atoms. The smallest absolute Gasteiger partial charge is 0.317 e. The number of carboxylic acids is 1. The van der Waals surface area contributed by atoms with E-state index in [0.717, 1.165) is 19.4 Å². The van der Waals surface area contributed by atoms with E-state index in [2.05, 4.69) is 5.32 Å². The number of amides is 2. The number of likely N-dealkylation sites (tertiary alicyclic amines) is 1. The summed E-state index contributed by atoms with van der Waals surface area (Å²) < 4.78 is 5.44. The van der Waals surface area contributed by atoms with Gasteiger partial charge in [-0.1, -0.05) is 6.92 Å². The van der Waals surface area contributed by atoms with Crippen molar-refractivity contribution in [3.05, 3.63) is 0 Å². The second-order valence-corrected chi connectivity index (χ2v) is 5.43. The summed E-state index contributed by atoms with van der Waals surface area (Å²) in [5, 5.41) is 12.1. The number of hydrogen-bond donors (Lipinski definition) is 2. The van der Waals surface area contributed by atoms with Crippen LogP contribution in [0, 0.1) is 5.41 Å². The summed E-state index contributed by atoms with van der Waals surface area (Å²) in [5.41, 5.74) is -0.763. The Kier molecular flexibility index (Phi) is 4.29. The third-order valence-electron chi connectivity index (χ3n) is 4.28. The van der Waals surface area contributed by atoms with Crippen molar-refractivity contribution in [2.24, 2.45) is 5.41 Å². The van der Waals surface area contributed by atoms with Gasteiger partial charge in [0.1, 0.15) is 0 Å². The summed E-state index contributed by atoms with van der Waals surface area (Å²) >= 11 is 0. The van der Waals surface area contributed by atoms with Gasteiger partial charge in [-0.05, 0) is 25.7 Å². The van der Waals surface area contributed by atoms with Crippen molar-refractivity contribution in [1.29, 1.82) is 0 Å². The lowest BCUT2D eigenvalue weighted by molar-refractivity contribution is -0.148. The molecule has 6 heteroatoms. The number of urea groups is 1. The van der Waals surface area contributed by atoms with Gasteiger partial charge >= 0.3 is 12.0 Å². The minimum atomic E-state index is -0.801. The zero-order valence-electron chi connectivity index (χ0n) is 11.4. The molecule has 0 radical (unpaired) electrons. The molecule has 2 aliphatic heterocycles. The summed E-state index contributed by atoms with van der Waals surface area (Å²) in [5.74, 6) is -0.801. The average molecular weight is 270 g/mol. The molecule has 108 valence electrons. The van der Waals surface area contributed by atoms with Gasteiger partial charge in [-0.25, -0.2) is 4.79 Å². The minimum absolute atomic E-state index is 0.113. The Morgan fingerprint density at radius 3 is 2.84 bits per heavy atom. The standard InChI is InChI=1S/C13H22N2O4/c1-2-13(11(16)17)5-6-15(9-13)12(18)14-8-10-4-3-7-19-10/h10H,2-9H2,1H3,(H,14,18)(H,16,17). The number of hydrogen-bond acceptors (Lipinski definition) is 3. The topological polar surface area (TPSA) is 78.9 Å². The maximum atomic E-state index is 12.0. The first-order valence-corrected chi connectivity index (χ1v) is 6.95. The molecule has 0 aromatic rings. The Balaban J connectivity index is 1.82. The molecule has 0 aromatic carbocycles. The van der Waals surface area contributed by atoms with E-state index in [9.17, 15) is 14.7 Å². The first-order valence-electron chi connectivity index (χ1n) is 6.95. The summed E-state index contributed by atoms with van der Waals surface area (Å²) in [6, 6.07) is -0.174. The van der Waals surface area contributed by atoms with Gasteiger partial charge in [-0.2, -0.15) is 0 Å². The van der Waals surface area contributed by atoms with Crippen molar-refractivity contribution in [3.63, 3.8) is 0 Å². The molecular formula is C13H22N2O4. The van der Waals surface area contributed by atoms with Crippen LogP contribution in [0.3, 0.4) is 0 Å². The minimum Gasteiger partial charge on any atom is -0.481 e. The van der Waals surface area contributed by atoms with Gasteiger partial charge in [0.15, 0.2) is 0 Å². The second-order valence-electron chi connectivity index (χ2n) is 5.43. The average Bonchev–Trinajstić information content (AvgIpc) is 3.05. The van der Waals surface area contributed by atoms with E-state index in [0.29, 0.717) is 32.5 Å². The summed E-state index contributed by atoms with van der Waals surface area (Å²) in [4.78, 5) is 24.9. The van der Waals surface area contributed by atoms with E-state index in [-0.39, 0.29) is 12.1 Å². The molecule has 2 fully saturated rings. The highest BCUT2D eigenvalue weighted by Gasteiger charge is 2.44. The molecule has 0 saturated carbocycles. The lowest BCUT2D eigenvalue weighted by atomic mass is 9.84. The number of ether oxygens (including phenoxy) is 1. The molecule has 6 nitrogen and oxygen atoms in total. The number of carboxylic acid groups (broad SMARTS) is 1. The Bertz CT molecular complexity index is 355. The van der Waals surface area contributed by atoms with Crippen molar-refractivity contribution >= 4 is 12.0 Å². The molecule has 2 N–H and O–H groups in total. The lowest BCUT2D eigenvalue weighted by Crippen LogP contribution is -2.43. The monoisotopic (exact) mass is 270 g/mol. The van der Waals surface area contributed by atoms with Crippen molar-refractivity contribution in [1.82, 2.24) is 10.2 Å². The highest BCUT2D eigenvalue weighted by molar-refractivity contribution is 5.79. The molecule has 2 aliphatic rings. The maximum absolute atomic E-state index is 12.0. The number of nitrogens with zero attached hydrogens (tertiary/aromatic N) is 1. The van der Waals surface area contributed by atoms with Crippen LogP contribution in [0.15, 0.2) is 0 Å². The highest BCUT2D eigenvalue weighted by Crippen LogP contribution is 2.34. The van der Waals surface area contributed by atoms with Crippen LogP contribution in [0.4, 0.5) is 4.79 Å². The quantitative estimate of drug-likeness (QED) is 0.800. The van der Waals surface area contributed by atoms with E-state index < -0.39 is 11.4 Å². The first-order chi connectivity index (χ1) is 9.07. The predicted molar refractivity (Wildman–Crippen MR) is 68.9 cm³/mol. The fraction of sp³-hybridized carbons (Fsp3) is 0.846. The second kappa shape index (κ2) is 5.77. The van der Waals surface area contributed by atoms with Crippen molar-refractivity contribution in [3.8, 4) is 0 Å². The number of carbonyl (C=O) groups excluding carboxylic acids is 1. The van der Waals surface area contributed by atoms with Gasteiger partial charge in [0.05, 0.1) is 11.5 Å². The van der Waals surface area contributed by atoms with Gasteiger partial charge in [0.2, 0.25) is 0 Å². The lowest BCUT2D eigenvalue weighted by Gasteiger charge is -2.23. The number of nitrogens with one attached hydrogen (secondary N) is 1. The van der Waals surface area contributed by atoms with Crippen LogP contribution in [-0.2, 0) is 9.53 Å². The van der Waals surface area contributed by atoms with Gasteiger partial charge in [0, 0.05) is 26.2 Å².